The van der Waals surface area contributed by atoms with Gasteiger partial charge in [-0.3, -0.25) is 0 Å². The third-order valence-electron chi connectivity index (χ3n) is 7.56. The summed E-state index contributed by atoms with van der Waals surface area (Å²) in [5.41, 5.74) is 3.50. The average Bonchev–Trinajstić information content (AvgIpc) is 2.64. The largest absolute Gasteiger partial charge is 0.489 e. The van der Waals surface area contributed by atoms with Crippen LogP contribution in [0.2, 0.25) is 0 Å². The molecule has 0 amide bonds. The van der Waals surface area contributed by atoms with Gasteiger partial charge < -0.3 is 10.1 Å². The zero-order valence-electron chi connectivity index (χ0n) is 17.6. The molecule has 4 saturated carbocycles. The van der Waals surface area contributed by atoms with Crippen molar-refractivity contribution in [2.24, 2.45) is 16.7 Å². The van der Waals surface area contributed by atoms with Crippen molar-refractivity contribution in [3.8, 4) is 5.75 Å². The molecule has 29 heavy (non-hydrogen) atoms. The molecule has 1 N–H and O–H groups in total. The third-order valence-corrected chi connectivity index (χ3v) is 7.56. The molecule has 2 aromatic carbocycles. The summed E-state index contributed by atoms with van der Waals surface area (Å²) in [6.45, 7) is 6.34. The molecule has 2 unspecified atom stereocenters. The fourth-order valence-corrected chi connectivity index (χ4v) is 7.46. The quantitative estimate of drug-likeness (QED) is 0.627. The molecular weight excluding hydrogens is 361 g/mol. The van der Waals surface area contributed by atoms with E-state index in [0.29, 0.717) is 17.4 Å². The molecule has 2 nitrogen and oxygen atoms in total. The van der Waals surface area contributed by atoms with Crippen LogP contribution in [0.15, 0.2) is 48.5 Å². The summed E-state index contributed by atoms with van der Waals surface area (Å²) in [6, 6.07) is 14.9. The molecule has 4 aliphatic rings. The monoisotopic (exact) mass is 393 g/mol. The highest BCUT2D eigenvalue weighted by Crippen LogP contribution is 2.66. The molecule has 0 heterocycles. The van der Waals surface area contributed by atoms with Crippen LogP contribution in [0.25, 0.3) is 0 Å². The SMILES string of the molecule is CC12CC3CC(C)(C1)CC(NCc1ccccc1OCc1ccc(F)cc1)(C3)C2. The van der Waals surface area contributed by atoms with E-state index in [1.54, 1.807) is 12.1 Å². The number of rotatable bonds is 6. The molecule has 4 fully saturated rings. The highest BCUT2D eigenvalue weighted by Gasteiger charge is 2.59. The van der Waals surface area contributed by atoms with E-state index in [0.717, 1.165) is 23.8 Å². The Balaban J connectivity index is 1.28. The van der Waals surface area contributed by atoms with Crippen molar-refractivity contribution in [2.75, 3.05) is 0 Å². The maximum Gasteiger partial charge on any atom is 0.124 e. The van der Waals surface area contributed by atoms with Crippen molar-refractivity contribution >= 4 is 0 Å². The van der Waals surface area contributed by atoms with E-state index in [1.807, 2.05) is 12.1 Å². The zero-order chi connectivity index (χ0) is 20.1. The molecule has 6 rings (SSSR count). The minimum absolute atomic E-state index is 0.212. The summed E-state index contributed by atoms with van der Waals surface area (Å²) in [6.07, 6.45) is 8.19. The molecule has 0 radical (unpaired) electrons. The van der Waals surface area contributed by atoms with Gasteiger partial charge in [0.05, 0.1) is 0 Å². The molecule has 154 valence electrons. The van der Waals surface area contributed by atoms with Crippen molar-refractivity contribution in [2.45, 2.75) is 71.1 Å². The lowest BCUT2D eigenvalue weighted by molar-refractivity contribution is -0.118. The summed E-state index contributed by atoms with van der Waals surface area (Å²) >= 11 is 0. The van der Waals surface area contributed by atoms with Crippen LogP contribution in [0, 0.1) is 22.6 Å². The molecule has 2 aromatic rings. The van der Waals surface area contributed by atoms with E-state index in [1.165, 1.54) is 56.2 Å². The summed E-state index contributed by atoms with van der Waals surface area (Å²) in [5, 5.41) is 4.01. The molecule has 4 bridgehead atoms. The van der Waals surface area contributed by atoms with Crippen molar-refractivity contribution in [1.29, 1.82) is 0 Å². The number of nitrogens with one attached hydrogen (secondary N) is 1. The van der Waals surface area contributed by atoms with Crippen LogP contribution in [-0.4, -0.2) is 5.54 Å². The van der Waals surface area contributed by atoms with Crippen LogP contribution >= 0.6 is 0 Å². The van der Waals surface area contributed by atoms with Crippen LogP contribution in [0.4, 0.5) is 4.39 Å². The topological polar surface area (TPSA) is 21.3 Å². The summed E-state index contributed by atoms with van der Waals surface area (Å²) in [4.78, 5) is 0. The van der Waals surface area contributed by atoms with Crippen molar-refractivity contribution in [1.82, 2.24) is 5.32 Å². The number of hydrogen-bond donors (Lipinski definition) is 1. The molecule has 0 spiro atoms. The Bertz CT molecular complexity index is 874. The van der Waals surface area contributed by atoms with E-state index in [9.17, 15) is 4.39 Å². The molecule has 0 aliphatic heterocycles. The molecule has 2 atom stereocenters. The summed E-state index contributed by atoms with van der Waals surface area (Å²) in [5.74, 6) is 1.60. The Hall–Kier alpha value is -1.87. The molecular formula is C26H32FNO. The van der Waals surface area contributed by atoms with Crippen LogP contribution < -0.4 is 10.1 Å². The summed E-state index contributed by atoms with van der Waals surface area (Å²) in [7, 11) is 0. The fourth-order valence-electron chi connectivity index (χ4n) is 7.46. The van der Waals surface area contributed by atoms with E-state index in [2.05, 4.69) is 31.3 Å². The maximum atomic E-state index is 13.1. The summed E-state index contributed by atoms with van der Waals surface area (Å²) < 4.78 is 19.2. The van der Waals surface area contributed by atoms with E-state index >= 15 is 0 Å². The van der Waals surface area contributed by atoms with Crippen LogP contribution in [0.5, 0.6) is 5.75 Å². The minimum atomic E-state index is -0.212. The lowest BCUT2D eigenvalue weighted by Gasteiger charge is -2.65. The molecule has 0 aromatic heterocycles. The first-order valence-corrected chi connectivity index (χ1v) is 11.0. The lowest BCUT2D eigenvalue weighted by atomic mass is 9.43. The van der Waals surface area contributed by atoms with Crippen molar-refractivity contribution in [3.63, 3.8) is 0 Å². The molecule has 4 aliphatic carbocycles. The predicted octanol–water partition coefficient (Wildman–Crippen LogP) is 6.24. The smallest absolute Gasteiger partial charge is 0.124 e. The van der Waals surface area contributed by atoms with Gasteiger partial charge in [0.15, 0.2) is 0 Å². The second-order valence-electron chi connectivity index (χ2n) is 10.8. The Labute approximate surface area is 173 Å². The van der Waals surface area contributed by atoms with Gasteiger partial charge in [0.25, 0.3) is 0 Å². The van der Waals surface area contributed by atoms with Crippen LogP contribution in [0.3, 0.4) is 0 Å². The number of para-hydroxylation sites is 1. The van der Waals surface area contributed by atoms with Crippen LogP contribution in [-0.2, 0) is 13.2 Å². The number of hydrogen-bond acceptors (Lipinski definition) is 2. The standard InChI is InChI=1S/C26H32FNO/c1-24-11-20-12-25(2,16-24)18-26(13-20,17-24)28-14-21-5-3-4-6-23(21)29-15-19-7-9-22(27)10-8-19/h3-10,20,28H,11-18H2,1-2H3. The highest BCUT2D eigenvalue weighted by atomic mass is 19.1. The van der Waals surface area contributed by atoms with E-state index in [-0.39, 0.29) is 11.4 Å². The van der Waals surface area contributed by atoms with E-state index < -0.39 is 0 Å². The average molecular weight is 394 g/mol. The van der Waals surface area contributed by atoms with Crippen LogP contribution in [0.1, 0.15) is 63.5 Å². The predicted molar refractivity (Wildman–Crippen MR) is 114 cm³/mol. The van der Waals surface area contributed by atoms with Gasteiger partial charge in [-0.15, -0.1) is 0 Å². The van der Waals surface area contributed by atoms with Gasteiger partial charge in [-0.25, -0.2) is 4.39 Å². The lowest BCUT2D eigenvalue weighted by Crippen LogP contribution is -2.63. The van der Waals surface area contributed by atoms with Gasteiger partial charge >= 0.3 is 0 Å². The van der Waals surface area contributed by atoms with Gasteiger partial charge in [0.1, 0.15) is 18.2 Å². The second kappa shape index (κ2) is 6.84. The first-order valence-electron chi connectivity index (χ1n) is 11.0. The van der Waals surface area contributed by atoms with E-state index in [4.69, 9.17) is 4.74 Å². The molecule has 0 saturated heterocycles. The van der Waals surface area contributed by atoms with Gasteiger partial charge in [0, 0.05) is 17.6 Å². The fraction of sp³-hybridized carbons (Fsp3) is 0.538. The Morgan fingerprint density at radius 2 is 1.62 bits per heavy atom. The minimum Gasteiger partial charge on any atom is -0.489 e. The zero-order valence-corrected chi connectivity index (χ0v) is 17.6. The maximum absolute atomic E-state index is 13.1. The van der Waals surface area contributed by atoms with Gasteiger partial charge in [-0.1, -0.05) is 44.2 Å². The highest BCUT2D eigenvalue weighted by molar-refractivity contribution is 5.34. The second-order valence-corrected chi connectivity index (χ2v) is 10.8. The Kier molecular flexibility index (Phi) is 4.51. The van der Waals surface area contributed by atoms with Crippen molar-refractivity contribution in [3.05, 3.63) is 65.5 Å². The van der Waals surface area contributed by atoms with Crippen molar-refractivity contribution < 1.29 is 9.13 Å². The number of benzene rings is 2. The first kappa shape index (κ1) is 19.1. The first-order chi connectivity index (χ1) is 13.8. The molecule has 3 heteroatoms. The number of ether oxygens (including phenoxy) is 1. The van der Waals surface area contributed by atoms with Gasteiger partial charge in [-0.05, 0) is 79.0 Å². The Morgan fingerprint density at radius 3 is 2.31 bits per heavy atom. The number of halogens is 1. The third kappa shape index (κ3) is 3.82. The Morgan fingerprint density at radius 1 is 0.931 bits per heavy atom. The van der Waals surface area contributed by atoms with Gasteiger partial charge in [0.2, 0.25) is 0 Å². The normalized spacial score (nSPS) is 35.1. The van der Waals surface area contributed by atoms with Gasteiger partial charge in [-0.2, -0.15) is 0 Å².